The minimum Gasteiger partial charge on any atom is -0.475 e. The number of alkyl halides is 3. The van der Waals surface area contributed by atoms with E-state index in [1.165, 1.54) is 11.1 Å². The minimum atomic E-state index is -5.08. The van der Waals surface area contributed by atoms with Crippen LogP contribution in [0, 0.1) is 5.82 Å². The molecule has 4 rings (SSSR count). The quantitative estimate of drug-likeness (QED) is 0.689. The van der Waals surface area contributed by atoms with Gasteiger partial charge in [0.1, 0.15) is 10.8 Å². The lowest BCUT2D eigenvalue weighted by atomic mass is 10.1. The predicted octanol–water partition coefficient (Wildman–Crippen LogP) is 3.39. The van der Waals surface area contributed by atoms with Crippen LogP contribution >= 0.6 is 11.3 Å². The summed E-state index contributed by atoms with van der Waals surface area (Å²) in [7, 11) is 0. The summed E-state index contributed by atoms with van der Waals surface area (Å²) in [5, 5.41) is 10.3. The fourth-order valence-corrected chi connectivity index (χ4v) is 4.33. The highest BCUT2D eigenvalue weighted by Crippen LogP contribution is 2.26. The maximum absolute atomic E-state index is 13.7. The Morgan fingerprint density at radius 1 is 1.26 bits per heavy atom. The van der Waals surface area contributed by atoms with Crippen LogP contribution in [0.25, 0.3) is 0 Å². The van der Waals surface area contributed by atoms with Gasteiger partial charge in [-0.15, -0.1) is 11.3 Å². The number of nitrogens with zero attached hydrogens (tertiary/aromatic N) is 3. The van der Waals surface area contributed by atoms with Crippen molar-refractivity contribution < 1.29 is 32.2 Å². The van der Waals surface area contributed by atoms with Crippen LogP contribution in [0.2, 0.25) is 0 Å². The highest BCUT2D eigenvalue weighted by molar-refractivity contribution is 7.09. The van der Waals surface area contributed by atoms with Gasteiger partial charge in [-0.3, -0.25) is 9.80 Å². The lowest BCUT2D eigenvalue weighted by molar-refractivity contribution is -0.192. The van der Waals surface area contributed by atoms with Crippen LogP contribution in [0.3, 0.4) is 0 Å². The number of hydrogen-bond acceptors (Lipinski definition) is 6. The zero-order chi connectivity index (χ0) is 22.4. The van der Waals surface area contributed by atoms with E-state index in [2.05, 4.69) is 14.8 Å². The molecule has 31 heavy (non-hydrogen) atoms. The number of rotatable bonds is 5. The predicted molar refractivity (Wildman–Crippen MR) is 106 cm³/mol. The molecule has 0 spiro atoms. The number of piperazine rings is 1. The molecule has 2 atom stereocenters. The molecule has 2 saturated heterocycles. The van der Waals surface area contributed by atoms with Gasteiger partial charge in [-0.1, -0.05) is 18.2 Å². The van der Waals surface area contributed by atoms with Gasteiger partial charge in [-0.25, -0.2) is 14.2 Å². The fourth-order valence-electron chi connectivity index (χ4n) is 3.67. The average molecular weight is 461 g/mol. The molecule has 0 unspecified atom stereocenters. The second-order valence-corrected chi connectivity index (χ2v) is 8.35. The molecule has 170 valence electrons. The number of halogens is 4. The Morgan fingerprint density at radius 3 is 2.65 bits per heavy atom. The third kappa shape index (κ3) is 6.96. The van der Waals surface area contributed by atoms with Crippen molar-refractivity contribution in [3.63, 3.8) is 0 Å². The number of aliphatic carboxylic acids is 1. The van der Waals surface area contributed by atoms with Gasteiger partial charge in [-0.05, 0) is 12.5 Å². The Kier molecular flexibility index (Phi) is 7.98. The maximum Gasteiger partial charge on any atom is 0.490 e. The van der Waals surface area contributed by atoms with Gasteiger partial charge in [0.25, 0.3) is 0 Å². The highest BCUT2D eigenvalue weighted by Gasteiger charge is 2.38. The molecular formula is C20H23F4N3O3S. The largest absolute Gasteiger partial charge is 0.490 e. The number of carboxylic acid groups (broad SMARTS) is 1. The Morgan fingerprint density at radius 2 is 2.00 bits per heavy atom. The van der Waals surface area contributed by atoms with Gasteiger partial charge in [-0.2, -0.15) is 13.2 Å². The standard InChI is InChI=1S/C18H22FN3OS.C2HF3O2/c19-17-4-2-1-3-14(17)13-23-16-9-15-10-21(6-7-22(15)11-16)12-18-20-5-8-24-18;3-2(4,5)1(6)7/h1-5,8,15-16H,6-7,9-13H2;(H,6,7)/t15-,16+;/m0./s1. The van der Waals surface area contributed by atoms with Crippen molar-refractivity contribution in [2.75, 3.05) is 26.2 Å². The molecule has 0 bridgehead atoms. The van der Waals surface area contributed by atoms with Crippen molar-refractivity contribution in [3.05, 3.63) is 52.2 Å². The highest BCUT2D eigenvalue weighted by atomic mass is 32.1. The van der Waals surface area contributed by atoms with Gasteiger partial charge < -0.3 is 9.84 Å². The molecule has 6 nitrogen and oxygen atoms in total. The number of carboxylic acids is 1. The lowest BCUT2D eigenvalue weighted by Crippen LogP contribution is -2.49. The second kappa shape index (κ2) is 10.5. The second-order valence-electron chi connectivity index (χ2n) is 7.37. The smallest absolute Gasteiger partial charge is 0.475 e. The molecule has 0 aliphatic carbocycles. The number of fused-ring (bicyclic) bond motifs is 1. The van der Waals surface area contributed by atoms with Crippen LogP contribution < -0.4 is 0 Å². The third-order valence-corrected chi connectivity index (χ3v) is 5.94. The first kappa shape index (κ1) is 23.6. The van der Waals surface area contributed by atoms with Crippen LogP contribution in [0.1, 0.15) is 17.0 Å². The number of ether oxygens (including phenoxy) is 1. The Bertz CT molecular complexity index is 850. The summed E-state index contributed by atoms with van der Waals surface area (Å²) in [5.74, 6) is -2.93. The number of hydrogen-bond donors (Lipinski definition) is 1. The zero-order valence-corrected chi connectivity index (χ0v) is 17.4. The number of benzene rings is 1. The van der Waals surface area contributed by atoms with Gasteiger partial charge >= 0.3 is 12.1 Å². The van der Waals surface area contributed by atoms with Gasteiger partial charge in [0, 0.05) is 49.4 Å². The molecule has 1 aromatic carbocycles. The number of carbonyl (C=O) groups is 1. The summed E-state index contributed by atoms with van der Waals surface area (Å²) < 4.78 is 51.4. The van der Waals surface area contributed by atoms with Crippen molar-refractivity contribution in [1.82, 2.24) is 14.8 Å². The van der Waals surface area contributed by atoms with E-state index in [-0.39, 0.29) is 11.9 Å². The van der Waals surface area contributed by atoms with Crippen molar-refractivity contribution in [1.29, 1.82) is 0 Å². The summed E-state index contributed by atoms with van der Waals surface area (Å²) in [5.41, 5.74) is 0.646. The first-order valence-corrected chi connectivity index (χ1v) is 10.6. The molecule has 3 heterocycles. The normalized spacial score (nSPS) is 21.9. The van der Waals surface area contributed by atoms with Gasteiger partial charge in [0.2, 0.25) is 0 Å². The minimum absolute atomic E-state index is 0.178. The molecule has 0 amide bonds. The van der Waals surface area contributed by atoms with E-state index in [1.54, 1.807) is 23.5 Å². The molecule has 1 N–H and O–H groups in total. The van der Waals surface area contributed by atoms with E-state index < -0.39 is 12.1 Å². The average Bonchev–Trinajstić information content (AvgIpc) is 3.36. The third-order valence-electron chi connectivity index (χ3n) is 5.18. The van der Waals surface area contributed by atoms with E-state index in [1.807, 2.05) is 17.6 Å². The Balaban J connectivity index is 0.000000339. The SMILES string of the molecule is Fc1ccccc1CO[C@@H]1C[C@H]2CN(Cc3nccs3)CCN2C1.O=C(O)C(F)(F)F. The van der Waals surface area contributed by atoms with E-state index in [0.717, 1.165) is 39.1 Å². The van der Waals surface area contributed by atoms with E-state index in [4.69, 9.17) is 14.6 Å². The maximum atomic E-state index is 13.7. The molecule has 2 aliphatic rings. The molecule has 1 aromatic heterocycles. The Labute approximate surface area is 181 Å². The first-order chi connectivity index (χ1) is 14.7. The summed E-state index contributed by atoms with van der Waals surface area (Å²) in [6, 6.07) is 7.41. The van der Waals surface area contributed by atoms with Crippen LogP contribution in [-0.4, -0.2) is 70.4 Å². The molecule has 2 fully saturated rings. The van der Waals surface area contributed by atoms with Crippen molar-refractivity contribution in [2.45, 2.75) is 37.9 Å². The number of thiazole rings is 1. The molecule has 2 aromatic rings. The molecule has 0 saturated carbocycles. The van der Waals surface area contributed by atoms with Crippen LogP contribution in [-0.2, 0) is 22.7 Å². The Hall–Kier alpha value is -2.08. The van der Waals surface area contributed by atoms with Crippen molar-refractivity contribution in [3.8, 4) is 0 Å². The lowest BCUT2D eigenvalue weighted by Gasteiger charge is -2.36. The zero-order valence-electron chi connectivity index (χ0n) is 16.6. The summed E-state index contributed by atoms with van der Waals surface area (Å²) in [6.07, 6.45) is -1.98. The summed E-state index contributed by atoms with van der Waals surface area (Å²) in [4.78, 5) is 18.3. The van der Waals surface area contributed by atoms with E-state index >= 15 is 0 Å². The summed E-state index contributed by atoms with van der Waals surface area (Å²) in [6.45, 7) is 5.50. The van der Waals surface area contributed by atoms with Crippen LogP contribution in [0.4, 0.5) is 17.6 Å². The van der Waals surface area contributed by atoms with Crippen molar-refractivity contribution >= 4 is 17.3 Å². The fraction of sp³-hybridized carbons (Fsp3) is 0.500. The summed E-state index contributed by atoms with van der Waals surface area (Å²) >= 11 is 1.72. The molecular weight excluding hydrogens is 438 g/mol. The van der Waals surface area contributed by atoms with E-state index in [9.17, 15) is 17.6 Å². The first-order valence-electron chi connectivity index (χ1n) is 9.72. The van der Waals surface area contributed by atoms with Gasteiger partial charge in [0.15, 0.2) is 0 Å². The van der Waals surface area contributed by atoms with Gasteiger partial charge in [0.05, 0.1) is 19.3 Å². The molecule has 2 aliphatic heterocycles. The molecule has 11 heteroatoms. The number of aromatic nitrogens is 1. The van der Waals surface area contributed by atoms with Crippen molar-refractivity contribution in [2.24, 2.45) is 0 Å². The topological polar surface area (TPSA) is 65.9 Å². The van der Waals surface area contributed by atoms with E-state index in [0.29, 0.717) is 18.2 Å². The van der Waals surface area contributed by atoms with Crippen LogP contribution in [0.15, 0.2) is 35.8 Å². The van der Waals surface area contributed by atoms with Crippen LogP contribution in [0.5, 0.6) is 0 Å². The monoisotopic (exact) mass is 461 g/mol. The molecule has 0 radical (unpaired) electrons.